The zero-order valence-corrected chi connectivity index (χ0v) is 19.5. The molecule has 0 radical (unpaired) electrons. The van der Waals surface area contributed by atoms with Crippen molar-refractivity contribution in [2.75, 3.05) is 37.3 Å². The fourth-order valence-electron chi connectivity index (χ4n) is 4.12. The summed E-state index contributed by atoms with van der Waals surface area (Å²) in [4.78, 5) is 19.5. The number of allylic oxidation sites excluding steroid dienone is 1. The van der Waals surface area contributed by atoms with Crippen molar-refractivity contribution in [3.8, 4) is 16.1 Å². The Morgan fingerprint density at radius 1 is 1.21 bits per heavy atom. The molecule has 174 valence electrons. The molecule has 3 N–H and O–H groups in total. The van der Waals surface area contributed by atoms with Crippen molar-refractivity contribution in [3.05, 3.63) is 71.3 Å². The number of likely N-dealkylation sites (tertiary alicyclic amines) is 1. The van der Waals surface area contributed by atoms with Crippen LogP contribution in [0.4, 0.5) is 11.9 Å². The molecule has 0 bridgehead atoms. The summed E-state index contributed by atoms with van der Waals surface area (Å²) >= 11 is 1.69. The SMILES string of the molecule is Nc1nc(NC2C=CC(OCCN3CCCC3)=CC2=C=O)nn1-c1ccc(-c2cccs2)cc1. The monoisotopic (exact) mass is 474 g/mol. The summed E-state index contributed by atoms with van der Waals surface area (Å²) in [6.45, 7) is 3.74. The van der Waals surface area contributed by atoms with Crippen LogP contribution in [0.25, 0.3) is 16.1 Å². The standard InChI is InChI=1S/C25H26N6O2S/c26-24-28-25(29-31(24)20-7-5-18(6-8-20)23-4-3-15-34-23)27-22-10-9-21(16-19(22)17-32)33-14-13-30-11-1-2-12-30/h3-10,15-16,22H,1-2,11-14H2,(H3,26,27,28,29). The minimum atomic E-state index is -0.417. The summed E-state index contributed by atoms with van der Waals surface area (Å²) in [5.41, 5.74) is 8.48. The van der Waals surface area contributed by atoms with Gasteiger partial charge in [-0.2, -0.15) is 9.67 Å². The smallest absolute Gasteiger partial charge is 0.245 e. The Balaban J connectivity index is 1.22. The lowest BCUT2D eigenvalue weighted by molar-refractivity contribution is 0.179. The van der Waals surface area contributed by atoms with E-state index in [0.29, 0.717) is 23.9 Å². The summed E-state index contributed by atoms with van der Waals surface area (Å²) in [6, 6.07) is 11.7. The Kier molecular flexibility index (Phi) is 6.58. The number of ether oxygens (including phenoxy) is 1. The number of thiophene rings is 1. The second-order valence-electron chi connectivity index (χ2n) is 8.21. The molecule has 3 aromatic rings. The first-order valence-electron chi connectivity index (χ1n) is 11.3. The Morgan fingerprint density at radius 3 is 2.76 bits per heavy atom. The zero-order valence-electron chi connectivity index (χ0n) is 18.7. The molecule has 34 heavy (non-hydrogen) atoms. The van der Waals surface area contributed by atoms with Gasteiger partial charge in [0.15, 0.2) is 0 Å². The number of nitrogen functional groups attached to an aromatic ring is 1. The van der Waals surface area contributed by atoms with Gasteiger partial charge in [0.1, 0.15) is 18.3 Å². The molecule has 1 atom stereocenters. The number of nitrogens with two attached hydrogens (primary N) is 1. The molecule has 9 heteroatoms. The first-order chi connectivity index (χ1) is 16.7. The van der Waals surface area contributed by atoms with Crippen LogP contribution in [-0.2, 0) is 9.53 Å². The van der Waals surface area contributed by atoms with Gasteiger partial charge in [-0.1, -0.05) is 24.3 Å². The van der Waals surface area contributed by atoms with Crippen LogP contribution in [0.5, 0.6) is 0 Å². The highest BCUT2D eigenvalue weighted by Crippen LogP contribution is 2.26. The minimum Gasteiger partial charge on any atom is -0.492 e. The van der Waals surface area contributed by atoms with Crippen LogP contribution in [0.3, 0.4) is 0 Å². The summed E-state index contributed by atoms with van der Waals surface area (Å²) in [7, 11) is 0. The van der Waals surface area contributed by atoms with Gasteiger partial charge in [-0.25, -0.2) is 4.79 Å². The van der Waals surface area contributed by atoms with E-state index < -0.39 is 6.04 Å². The van der Waals surface area contributed by atoms with Gasteiger partial charge < -0.3 is 15.8 Å². The fraction of sp³-hybridized carbons (Fsp3) is 0.280. The maximum atomic E-state index is 11.6. The van der Waals surface area contributed by atoms with Crippen molar-refractivity contribution in [2.45, 2.75) is 18.9 Å². The van der Waals surface area contributed by atoms with Crippen LogP contribution in [0, 0.1) is 0 Å². The number of nitrogens with one attached hydrogen (secondary N) is 1. The Hall–Kier alpha value is -3.65. The number of benzene rings is 1. The molecule has 5 rings (SSSR count). The number of hydrogen-bond acceptors (Lipinski definition) is 8. The fourth-order valence-corrected chi connectivity index (χ4v) is 4.85. The Labute approximate surface area is 202 Å². The van der Waals surface area contributed by atoms with Gasteiger partial charge in [-0.15, -0.1) is 16.4 Å². The normalized spacial score (nSPS) is 18.1. The van der Waals surface area contributed by atoms with E-state index in [0.717, 1.165) is 30.9 Å². The lowest BCUT2D eigenvalue weighted by Gasteiger charge is -2.19. The Bertz CT molecular complexity index is 1230. The third-order valence-corrected chi connectivity index (χ3v) is 6.83. The third kappa shape index (κ3) is 4.97. The van der Waals surface area contributed by atoms with Crippen LogP contribution in [-0.4, -0.2) is 57.9 Å². The van der Waals surface area contributed by atoms with Gasteiger partial charge in [-0.3, -0.25) is 4.90 Å². The molecular formula is C25H26N6O2S. The molecule has 0 spiro atoms. The molecule has 1 aliphatic carbocycles. The van der Waals surface area contributed by atoms with Crippen LogP contribution in [0.2, 0.25) is 0 Å². The van der Waals surface area contributed by atoms with E-state index >= 15 is 0 Å². The van der Waals surface area contributed by atoms with Crippen LogP contribution in [0.15, 0.2) is 71.3 Å². The molecule has 1 unspecified atom stereocenters. The summed E-state index contributed by atoms with van der Waals surface area (Å²) in [5, 5.41) is 9.69. The molecule has 1 aromatic carbocycles. The number of rotatable bonds is 8. The molecule has 2 aliphatic rings. The second kappa shape index (κ2) is 10.1. The van der Waals surface area contributed by atoms with Crippen molar-refractivity contribution in [3.63, 3.8) is 0 Å². The minimum absolute atomic E-state index is 0.254. The molecule has 1 saturated heterocycles. The second-order valence-corrected chi connectivity index (χ2v) is 9.16. The average molecular weight is 475 g/mol. The van der Waals surface area contributed by atoms with Crippen LogP contribution < -0.4 is 11.1 Å². The van der Waals surface area contributed by atoms with Crippen molar-refractivity contribution >= 4 is 29.2 Å². The summed E-state index contributed by atoms with van der Waals surface area (Å²) in [6.07, 6.45) is 7.91. The van der Waals surface area contributed by atoms with E-state index in [4.69, 9.17) is 10.5 Å². The number of nitrogens with zero attached hydrogens (tertiary/aromatic N) is 4. The van der Waals surface area contributed by atoms with Gasteiger partial charge >= 0.3 is 0 Å². The van der Waals surface area contributed by atoms with Gasteiger partial charge in [-0.05, 0) is 67.2 Å². The van der Waals surface area contributed by atoms with E-state index in [-0.39, 0.29) is 5.95 Å². The van der Waals surface area contributed by atoms with Gasteiger partial charge in [0.25, 0.3) is 0 Å². The van der Waals surface area contributed by atoms with Crippen molar-refractivity contribution < 1.29 is 9.53 Å². The van der Waals surface area contributed by atoms with Gasteiger partial charge in [0.2, 0.25) is 11.9 Å². The number of carbonyl (C=O) groups excluding carboxylic acids is 1. The van der Waals surface area contributed by atoms with Crippen LogP contribution >= 0.6 is 11.3 Å². The molecule has 2 aromatic heterocycles. The third-order valence-electron chi connectivity index (χ3n) is 5.91. The first kappa shape index (κ1) is 22.2. The molecular weight excluding hydrogens is 448 g/mol. The predicted molar refractivity (Wildman–Crippen MR) is 135 cm³/mol. The number of anilines is 2. The van der Waals surface area contributed by atoms with E-state index in [2.05, 4.69) is 31.7 Å². The van der Waals surface area contributed by atoms with E-state index in [1.54, 1.807) is 22.1 Å². The summed E-state index contributed by atoms with van der Waals surface area (Å²) in [5.74, 6) is 3.24. The van der Waals surface area contributed by atoms with Gasteiger partial charge in [0, 0.05) is 11.4 Å². The van der Waals surface area contributed by atoms with Crippen molar-refractivity contribution in [2.24, 2.45) is 0 Å². The topological polar surface area (TPSA) is 98.3 Å². The van der Waals surface area contributed by atoms with Crippen molar-refractivity contribution in [1.29, 1.82) is 0 Å². The number of aromatic nitrogens is 3. The largest absolute Gasteiger partial charge is 0.492 e. The molecule has 1 fully saturated rings. The van der Waals surface area contributed by atoms with Crippen molar-refractivity contribution in [1.82, 2.24) is 19.7 Å². The molecule has 8 nitrogen and oxygen atoms in total. The molecule has 1 aliphatic heterocycles. The number of hydrogen-bond donors (Lipinski definition) is 2. The lowest BCUT2D eigenvalue weighted by Crippen LogP contribution is -2.25. The summed E-state index contributed by atoms with van der Waals surface area (Å²) < 4.78 is 7.41. The highest BCUT2D eigenvalue weighted by molar-refractivity contribution is 7.13. The van der Waals surface area contributed by atoms with Crippen LogP contribution in [0.1, 0.15) is 12.8 Å². The quantitative estimate of drug-likeness (QED) is 0.481. The lowest BCUT2D eigenvalue weighted by atomic mass is 10.0. The molecule has 3 heterocycles. The molecule has 0 amide bonds. The Morgan fingerprint density at radius 2 is 2.03 bits per heavy atom. The predicted octanol–water partition coefficient (Wildman–Crippen LogP) is 3.68. The highest BCUT2D eigenvalue weighted by atomic mass is 32.1. The van der Waals surface area contributed by atoms with E-state index in [1.165, 1.54) is 17.7 Å². The van der Waals surface area contributed by atoms with E-state index in [9.17, 15) is 4.79 Å². The maximum absolute atomic E-state index is 11.6. The highest BCUT2D eigenvalue weighted by Gasteiger charge is 2.20. The zero-order chi connectivity index (χ0) is 23.3. The maximum Gasteiger partial charge on any atom is 0.245 e. The van der Waals surface area contributed by atoms with E-state index in [1.807, 2.05) is 48.4 Å². The van der Waals surface area contributed by atoms with Gasteiger partial charge in [0.05, 0.1) is 17.3 Å². The average Bonchev–Trinajstić information content (AvgIpc) is 3.63. The molecule has 0 saturated carbocycles. The first-order valence-corrected chi connectivity index (χ1v) is 12.2.